The van der Waals surface area contributed by atoms with Crippen molar-refractivity contribution < 1.29 is 9.66 Å². The van der Waals surface area contributed by atoms with Crippen molar-refractivity contribution in [1.29, 1.82) is 0 Å². The molecule has 0 fully saturated rings. The zero-order valence-electron chi connectivity index (χ0n) is 10.6. The molecule has 7 heteroatoms. The van der Waals surface area contributed by atoms with E-state index in [0.29, 0.717) is 18.0 Å². The summed E-state index contributed by atoms with van der Waals surface area (Å²) < 4.78 is 4.98. The maximum Gasteiger partial charge on any atom is 0.296 e. The monoisotopic (exact) mass is 262 g/mol. The molecule has 0 amide bonds. The molecule has 0 aliphatic rings. The second kappa shape index (κ2) is 5.38. The van der Waals surface area contributed by atoms with Crippen molar-refractivity contribution in [1.82, 2.24) is 9.97 Å². The van der Waals surface area contributed by atoms with E-state index in [1.54, 1.807) is 18.3 Å². The van der Waals surface area contributed by atoms with Crippen LogP contribution in [-0.4, -0.2) is 22.0 Å². The van der Waals surface area contributed by atoms with E-state index in [1.807, 2.05) is 6.92 Å². The van der Waals surface area contributed by atoms with Gasteiger partial charge in [0.1, 0.15) is 17.3 Å². The topological polar surface area (TPSA) is 93.1 Å². The number of aryl methyl sites for hydroxylation is 1. The number of hydrogen-bond acceptors (Lipinski definition) is 5. The van der Waals surface area contributed by atoms with E-state index in [1.165, 1.54) is 13.2 Å². The van der Waals surface area contributed by atoms with Crippen LogP contribution in [-0.2, 0) is 6.54 Å². The number of H-pyrrole nitrogens is 1. The summed E-state index contributed by atoms with van der Waals surface area (Å²) in [5.41, 5.74) is 1.29. The van der Waals surface area contributed by atoms with Gasteiger partial charge in [-0.1, -0.05) is 0 Å². The van der Waals surface area contributed by atoms with Crippen molar-refractivity contribution in [3.63, 3.8) is 0 Å². The Hall–Kier alpha value is -2.57. The Labute approximate surface area is 109 Å². The molecule has 0 saturated carbocycles. The van der Waals surface area contributed by atoms with Gasteiger partial charge in [-0.05, 0) is 19.1 Å². The van der Waals surface area contributed by atoms with Crippen LogP contribution in [0.25, 0.3) is 0 Å². The van der Waals surface area contributed by atoms with Crippen molar-refractivity contribution in [2.24, 2.45) is 0 Å². The van der Waals surface area contributed by atoms with E-state index in [0.717, 1.165) is 11.5 Å². The van der Waals surface area contributed by atoms with Crippen molar-refractivity contribution in [2.75, 3.05) is 12.4 Å². The van der Waals surface area contributed by atoms with Crippen LogP contribution in [0.15, 0.2) is 24.4 Å². The molecular weight excluding hydrogens is 248 g/mol. The van der Waals surface area contributed by atoms with Crippen LogP contribution in [0.4, 0.5) is 11.4 Å². The molecule has 2 rings (SSSR count). The van der Waals surface area contributed by atoms with E-state index in [-0.39, 0.29) is 5.69 Å². The molecule has 2 N–H and O–H groups in total. The Morgan fingerprint density at radius 3 is 2.89 bits per heavy atom. The summed E-state index contributed by atoms with van der Waals surface area (Å²) in [7, 11) is 1.47. The molecule has 1 heterocycles. The standard InChI is InChI=1S/C12H14N4O3/c1-8-13-6-9(15-8)7-14-11-4-3-10(19-2)5-12(11)16(17)18/h3-6,14H,7H2,1-2H3,(H,13,15). The lowest BCUT2D eigenvalue weighted by atomic mass is 10.2. The first-order chi connectivity index (χ1) is 9.10. The molecule has 0 saturated heterocycles. The third-order valence-electron chi connectivity index (χ3n) is 2.63. The molecule has 0 radical (unpaired) electrons. The summed E-state index contributed by atoms with van der Waals surface area (Å²) in [6, 6.07) is 4.69. The normalized spacial score (nSPS) is 10.2. The zero-order chi connectivity index (χ0) is 13.8. The molecule has 1 aromatic heterocycles. The Kier molecular flexibility index (Phi) is 3.65. The van der Waals surface area contributed by atoms with E-state index < -0.39 is 4.92 Å². The predicted octanol–water partition coefficient (Wildman–Crippen LogP) is 2.25. The van der Waals surface area contributed by atoms with Gasteiger partial charge in [0.05, 0.1) is 36.5 Å². The van der Waals surface area contributed by atoms with Crippen LogP contribution >= 0.6 is 0 Å². The smallest absolute Gasteiger partial charge is 0.296 e. The van der Waals surface area contributed by atoms with Crippen LogP contribution in [0.1, 0.15) is 11.5 Å². The second-order valence-electron chi connectivity index (χ2n) is 3.99. The molecule has 0 spiro atoms. The summed E-state index contributed by atoms with van der Waals surface area (Å²) in [4.78, 5) is 17.7. The third kappa shape index (κ3) is 3.01. The van der Waals surface area contributed by atoms with Gasteiger partial charge < -0.3 is 15.0 Å². The molecule has 19 heavy (non-hydrogen) atoms. The summed E-state index contributed by atoms with van der Waals surface area (Å²) >= 11 is 0. The minimum Gasteiger partial charge on any atom is -0.496 e. The van der Waals surface area contributed by atoms with E-state index in [4.69, 9.17) is 4.74 Å². The van der Waals surface area contributed by atoms with Gasteiger partial charge in [-0.15, -0.1) is 0 Å². The van der Waals surface area contributed by atoms with Gasteiger partial charge in [0.25, 0.3) is 5.69 Å². The summed E-state index contributed by atoms with van der Waals surface area (Å²) in [6.07, 6.45) is 1.69. The number of methoxy groups -OCH3 is 1. The number of rotatable bonds is 5. The van der Waals surface area contributed by atoms with Crippen LogP contribution in [0.5, 0.6) is 5.75 Å². The Morgan fingerprint density at radius 1 is 1.53 bits per heavy atom. The first kappa shape index (κ1) is 12.9. The van der Waals surface area contributed by atoms with Crippen molar-refractivity contribution in [3.05, 3.63) is 46.0 Å². The quantitative estimate of drug-likeness (QED) is 0.636. The maximum atomic E-state index is 11.0. The minimum atomic E-state index is -0.441. The Morgan fingerprint density at radius 2 is 2.32 bits per heavy atom. The van der Waals surface area contributed by atoms with Crippen LogP contribution in [0.3, 0.4) is 0 Å². The number of nitrogens with one attached hydrogen (secondary N) is 2. The molecule has 0 bridgehead atoms. The zero-order valence-corrected chi connectivity index (χ0v) is 10.6. The SMILES string of the molecule is COc1ccc(NCc2cnc(C)[nH]2)c([N+](=O)[O-])c1. The molecule has 0 aliphatic heterocycles. The van der Waals surface area contributed by atoms with Gasteiger partial charge in [-0.2, -0.15) is 0 Å². The molecule has 0 aliphatic carbocycles. The Bertz CT molecular complexity index is 594. The van der Waals surface area contributed by atoms with E-state index in [2.05, 4.69) is 15.3 Å². The van der Waals surface area contributed by atoms with Crippen LogP contribution < -0.4 is 10.1 Å². The molecule has 2 aromatic rings. The number of nitro benzene ring substituents is 1. The van der Waals surface area contributed by atoms with Gasteiger partial charge in [0, 0.05) is 0 Å². The van der Waals surface area contributed by atoms with Gasteiger partial charge in [0.2, 0.25) is 0 Å². The van der Waals surface area contributed by atoms with Gasteiger partial charge in [-0.25, -0.2) is 4.98 Å². The lowest BCUT2D eigenvalue weighted by molar-refractivity contribution is -0.384. The molecule has 1 aromatic carbocycles. The number of hydrogen-bond donors (Lipinski definition) is 2. The molecular formula is C12H14N4O3. The van der Waals surface area contributed by atoms with Crippen molar-refractivity contribution in [3.8, 4) is 5.75 Å². The minimum absolute atomic E-state index is 0.0180. The average molecular weight is 262 g/mol. The number of aromatic nitrogens is 2. The number of ether oxygens (including phenoxy) is 1. The lowest BCUT2D eigenvalue weighted by Gasteiger charge is -2.07. The fourth-order valence-corrected chi connectivity index (χ4v) is 1.69. The number of anilines is 1. The number of nitro groups is 1. The summed E-state index contributed by atoms with van der Waals surface area (Å²) in [5, 5.41) is 14.0. The van der Waals surface area contributed by atoms with E-state index >= 15 is 0 Å². The summed E-state index contributed by atoms with van der Waals surface area (Å²) in [5.74, 6) is 1.26. The highest BCUT2D eigenvalue weighted by Crippen LogP contribution is 2.29. The number of nitrogens with zero attached hydrogens (tertiary/aromatic N) is 2. The second-order valence-corrected chi connectivity index (χ2v) is 3.99. The largest absolute Gasteiger partial charge is 0.496 e. The first-order valence-electron chi connectivity index (χ1n) is 5.67. The van der Waals surface area contributed by atoms with Gasteiger partial charge in [0.15, 0.2) is 0 Å². The number of aromatic amines is 1. The fourth-order valence-electron chi connectivity index (χ4n) is 1.69. The average Bonchev–Trinajstić information content (AvgIpc) is 2.82. The maximum absolute atomic E-state index is 11.0. The predicted molar refractivity (Wildman–Crippen MR) is 70.3 cm³/mol. The van der Waals surface area contributed by atoms with Crippen LogP contribution in [0.2, 0.25) is 0 Å². The van der Waals surface area contributed by atoms with Gasteiger partial charge >= 0.3 is 0 Å². The Balaban J connectivity index is 2.17. The van der Waals surface area contributed by atoms with Crippen molar-refractivity contribution >= 4 is 11.4 Å². The molecule has 0 unspecified atom stereocenters. The fraction of sp³-hybridized carbons (Fsp3) is 0.250. The molecule has 100 valence electrons. The first-order valence-corrected chi connectivity index (χ1v) is 5.67. The van der Waals surface area contributed by atoms with Crippen molar-refractivity contribution in [2.45, 2.75) is 13.5 Å². The lowest BCUT2D eigenvalue weighted by Crippen LogP contribution is -2.03. The molecule has 0 atom stereocenters. The number of benzene rings is 1. The van der Waals surface area contributed by atoms with Gasteiger partial charge in [-0.3, -0.25) is 10.1 Å². The number of imidazole rings is 1. The molecule has 7 nitrogen and oxygen atoms in total. The van der Waals surface area contributed by atoms with E-state index in [9.17, 15) is 10.1 Å². The highest BCUT2D eigenvalue weighted by Gasteiger charge is 2.14. The highest BCUT2D eigenvalue weighted by molar-refractivity contribution is 5.63. The third-order valence-corrected chi connectivity index (χ3v) is 2.63. The summed E-state index contributed by atoms with van der Waals surface area (Å²) in [6.45, 7) is 2.29. The highest BCUT2D eigenvalue weighted by atomic mass is 16.6. The van der Waals surface area contributed by atoms with Crippen LogP contribution in [0, 0.1) is 17.0 Å².